The lowest BCUT2D eigenvalue weighted by Gasteiger charge is -2.16. The zero-order chi connectivity index (χ0) is 13.6. The van der Waals surface area contributed by atoms with Crippen LogP contribution in [0.3, 0.4) is 0 Å². The van der Waals surface area contributed by atoms with Gasteiger partial charge in [0.05, 0.1) is 11.7 Å². The van der Waals surface area contributed by atoms with Crippen molar-refractivity contribution in [2.45, 2.75) is 25.6 Å². The molecule has 0 spiro atoms. The zero-order valence-corrected chi connectivity index (χ0v) is 10.5. The number of aryl methyl sites for hydroxylation is 1. The average Bonchev–Trinajstić information content (AvgIpc) is 2.68. The van der Waals surface area contributed by atoms with E-state index in [4.69, 9.17) is 0 Å². The van der Waals surface area contributed by atoms with Crippen molar-refractivity contribution in [2.75, 3.05) is 19.8 Å². The van der Waals surface area contributed by atoms with Crippen LogP contribution in [0.25, 0.3) is 0 Å². The molecule has 7 heteroatoms. The quantitative estimate of drug-likeness (QED) is 0.767. The minimum atomic E-state index is -4.27. The molecule has 0 saturated heterocycles. The van der Waals surface area contributed by atoms with Crippen molar-refractivity contribution in [1.82, 2.24) is 15.1 Å². The zero-order valence-electron chi connectivity index (χ0n) is 10.5. The summed E-state index contributed by atoms with van der Waals surface area (Å²) in [5, 5.41) is 7.41. The highest BCUT2D eigenvalue weighted by Gasteiger charge is 2.27. The van der Waals surface area contributed by atoms with Gasteiger partial charge in [0.15, 0.2) is 0 Å². The van der Waals surface area contributed by atoms with Gasteiger partial charge >= 0.3 is 6.18 Å². The fraction of sp³-hybridized carbons (Fsp3) is 0.727. The van der Waals surface area contributed by atoms with E-state index in [2.05, 4.69) is 15.2 Å². The molecule has 1 N–H and O–H groups in total. The maximum Gasteiger partial charge on any atom is 0.411 e. The van der Waals surface area contributed by atoms with Gasteiger partial charge in [0, 0.05) is 19.9 Å². The molecule has 1 unspecified atom stereocenters. The smallest absolute Gasteiger partial charge is 0.372 e. The number of hydrogen-bond donors (Lipinski definition) is 1. The molecule has 0 radical (unpaired) electrons. The molecule has 18 heavy (non-hydrogen) atoms. The second-order valence-corrected chi connectivity index (χ2v) is 3.98. The highest BCUT2D eigenvalue weighted by atomic mass is 19.4. The van der Waals surface area contributed by atoms with Crippen molar-refractivity contribution < 1.29 is 17.9 Å². The molecule has 0 aliphatic carbocycles. The van der Waals surface area contributed by atoms with E-state index in [9.17, 15) is 13.2 Å². The second-order valence-electron chi connectivity index (χ2n) is 3.98. The number of alkyl halides is 3. The van der Waals surface area contributed by atoms with E-state index in [1.165, 1.54) is 0 Å². The van der Waals surface area contributed by atoms with Crippen LogP contribution in [0.15, 0.2) is 12.3 Å². The van der Waals surface area contributed by atoms with Gasteiger partial charge < -0.3 is 10.1 Å². The van der Waals surface area contributed by atoms with Gasteiger partial charge in [0.1, 0.15) is 6.61 Å². The number of halogens is 3. The summed E-state index contributed by atoms with van der Waals surface area (Å²) in [6, 6.07) is 1.77. The summed E-state index contributed by atoms with van der Waals surface area (Å²) < 4.78 is 42.0. The van der Waals surface area contributed by atoms with Crippen molar-refractivity contribution in [3.05, 3.63) is 18.0 Å². The first-order valence-electron chi connectivity index (χ1n) is 5.80. The Morgan fingerprint density at radius 3 is 2.72 bits per heavy atom. The summed E-state index contributed by atoms with van der Waals surface area (Å²) in [5.74, 6) is 0. The average molecular weight is 265 g/mol. The Balaban J connectivity index is 2.39. The Bertz CT molecular complexity index is 352. The molecule has 1 atom stereocenters. The number of nitrogens with one attached hydrogen (secondary N) is 1. The molecule has 0 aliphatic rings. The van der Waals surface area contributed by atoms with Crippen molar-refractivity contribution in [1.29, 1.82) is 0 Å². The topological polar surface area (TPSA) is 39.1 Å². The molecule has 4 nitrogen and oxygen atoms in total. The van der Waals surface area contributed by atoms with Gasteiger partial charge in [0.2, 0.25) is 0 Å². The van der Waals surface area contributed by atoms with Gasteiger partial charge in [-0.3, -0.25) is 4.68 Å². The molecule has 0 fully saturated rings. The maximum atomic E-state index is 11.9. The van der Waals surface area contributed by atoms with Crippen LogP contribution in [0.2, 0.25) is 0 Å². The first-order valence-corrected chi connectivity index (χ1v) is 5.80. The lowest BCUT2D eigenvalue weighted by molar-refractivity contribution is -0.174. The lowest BCUT2D eigenvalue weighted by Crippen LogP contribution is -2.24. The van der Waals surface area contributed by atoms with E-state index in [1.54, 1.807) is 17.9 Å². The molecule has 0 saturated carbocycles. The highest BCUT2D eigenvalue weighted by molar-refractivity contribution is 5.05. The van der Waals surface area contributed by atoms with Crippen LogP contribution in [-0.4, -0.2) is 35.7 Å². The lowest BCUT2D eigenvalue weighted by atomic mass is 10.1. The molecule has 0 aromatic carbocycles. The van der Waals surface area contributed by atoms with Crippen LogP contribution in [0.5, 0.6) is 0 Å². The van der Waals surface area contributed by atoms with Crippen LogP contribution in [0.1, 0.15) is 25.1 Å². The summed E-state index contributed by atoms with van der Waals surface area (Å²) in [5.41, 5.74) is 0.815. The minimum Gasteiger partial charge on any atom is -0.372 e. The third-order valence-corrected chi connectivity index (χ3v) is 2.36. The number of nitrogens with zero attached hydrogens (tertiary/aromatic N) is 2. The summed E-state index contributed by atoms with van der Waals surface area (Å²) >= 11 is 0. The predicted molar refractivity (Wildman–Crippen MR) is 61.1 cm³/mol. The van der Waals surface area contributed by atoms with Gasteiger partial charge in [-0.25, -0.2) is 0 Å². The third-order valence-electron chi connectivity index (χ3n) is 2.36. The molecular weight excluding hydrogens is 247 g/mol. The Morgan fingerprint density at radius 1 is 1.50 bits per heavy atom. The van der Waals surface area contributed by atoms with Crippen molar-refractivity contribution in [3.63, 3.8) is 0 Å². The Labute approximate surface area is 104 Å². The Kier molecular flexibility index (Phi) is 5.61. The van der Waals surface area contributed by atoms with E-state index >= 15 is 0 Å². The predicted octanol–water partition coefficient (Wildman–Crippen LogP) is 2.04. The van der Waals surface area contributed by atoms with Gasteiger partial charge in [0.25, 0.3) is 0 Å². The summed E-state index contributed by atoms with van der Waals surface area (Å²) in [4.78, 5) is 0. The molecule has 0 aliphatic heterocycles. The van der Waals surface area contributed by atoms with Gasteiger partial charge in [-0.15, -0.1) is 0 Å². The first kappa shape index (κ1) is 15.0. The van der Waals surface area contributed by atoms with E-state index in [1.807, 2.05) is 13.0 Å². The van der Waals surface area contributed by atoms with Crippen molar-refractivity contribution >= 4 is 0 Å². The second kappa shape index (κ2) is 6.75. The van der Waals surface area contributed by atoms with Crippen molar-refractivity contribution in [3.8, 4) is 0 Å². The molecule has 104 valence electrons. The standard InChI is InChI=1S/C11H18F3N3O/c1-3-15-9(10-4-6-17(2)16-10)5-7-18-8-11(12,13)14/h4,6,9,15H,3,5,7-8H2,1-2H3. The molecule has 0 bridgehead atoms. The van der Waals surface area contributed by atoms with E-state index in [0.29, 0.717) is 6.42 Å². The number of hydrogen-bond acceptors (Lipinski definition) is 3. The monoisotopic (exact) mass is 265 g/mol. The van der Waals surface area contributed by atoms with E-state index < -0.39 is 12.8 Å². The molecule has 1 aromatic rings. The minimum absolute atomic E-state index is 0.0494. The van der Waals surface area contributed by atoms with Crippen LogP contribution in [-0.2, 0) is 11.8 Å². The molecule has 0 amide bonds. The fourth-order valence-corrected chi connectivity index (χ4v) is 1.61. The molecular formula is C11H18F3N3O. The number of aromatic nitrogens is 2. The summed E-state index contributed by atoms with van der Waals surface area (Å²) in [6.07, 6.45) is -2.00. The van der Waals surface area contributed by atoms with Crippen molar-refractivity contribution in [2.24, 2.45) is 7.05 Å². The van der Waals surface area contributed by atoms with Crippen LogP contribution >= 0.6 is 0 Å². The number of ether oxygens (including phenoxy) is 1. The van der Waals surface area contributed by atoms with Gasteiger partial charge in [-0.1, -0.05) is 6.92 Å². The molecule has 1 aromatic heterocycles. The Hall–Kier alpha value is -1.08. The third kappa shape index (κ3) is 5.50. The summed E-state index contributed by atoms with van der Waals surface area (Å²) in [7, 11) is 1.80. The SMILES string of the molecule is CCNC(CCOCC(F)(F)F)c1ccn(C)n1. The Morgan fingerprint density at radius 2 is 2.22 bits per heavy atom. The highest BCUT2D eigenvalue weighted by Crippen LogP contribution is 2.17. The first-order chi connectivity index (χ1) is 8.42. The normalized spacial score (nSPS) is 13.8. The molecule has 1 heterocycles. The van der Waals surface area contributed by atoms with Gasteiger partial charge in [-0.05, 0) is 19.0 Å². The summed E-state index contributed by atoms with van der Waals surface area (Å²) in [6.45, 7) is 1.51. The largest absolute Gasteiger partial charge is 0.411 e. The van der Waals surface area contributed by atoms with Crippen LogP contribution in [0, 0.1) is 0 Å². The van der Waals surface area contributed by atoms with Crippen LogP contribution in [0.4, 0.5) is 13.2 Å². The van der Waals surface area contributed by atoms with E-state index in [0.717, 1.165) is 12.2 Å². The molecule has 1 rings (SSSR count). The van der Waals surface area contributed by atoms with Gasteiger partial charge in [-0.2, -0.15) is 18.3 Å². The maximum absolute atomic E-state index is 11.9. The fourth-order valence-electron chi connectivity index (χ4n) is 1.61. The number of rotatable bonds is 7. The van der Waals surface area contributed by atoms with E-state index in [-0.39, 0.29) is 12.6 Å². The van der Waals surface area contributed by atoms with Crippen LogP contribution < -0.4 is 5.32 Å².